The number of hydrogen-bond acceptors (Lipinski definition) is 7. The van der Waals surface area contributed by atoms with E-state index < -0.39 is 0 Å². The van der Waals surface area contributed by atoms with Crippen LogP contribution in [0, 0.1) is 11.3 Å². The van der Waals surface area contributed by atoms with Crippen molar-refractivity contribution in [3.63, 3.8) is 0 Å². The molecule has 8 nitrogen and oxygen atoms in total. The maximum Gasteiger partial charge on any atom is 0.271 e. The molecule has 1 aliphatic rings. The van der Waals surface area contributed by atoms with Gasteiger partial charge in [0.25, 0.3) is 5.91 Å². The fraction of sp³-hybridized carbons (Fsp3) is 0.333. The number of ether oxygens (including phenoxy) is 1. The predicted octanol–water partition coefficient (Wildman–Crippen LogP) is 1.15. The largest absolute Gasteiger partial charge is 0.379 e. The third-order valence-electron chi connectivity index (χ3n) is 4.02. The molecule has 0 unspecified atom stereocenters. The van der Waals surface area contributed by atoms with Crippen molar-refractivity contribution in [1.82, 2.24) is 20.4 Å². The summed E-state index contributed by atoms with van der Waals surface area (Å²) in [6.07, 6.45) is 0. The van der Waals surface area contributed by atoms with E-state index >= 15 is 0 Å². The van der Waals surface area contributed by atoms with Gasteiger partial charge in [-0.05, 0) is 24.3 Å². The Morgan fingerprint density at radius 2 is 2.00 bits per heavy atom. The average molecular weight is 352 g/mol. The van der Waals surface area contributed by atoms with Crippen LogP contribution in [0.5, 0.6) is 0 Å². The van der Waals surface area contributed by atoms with E-state index in [1.807, 2.05) is 6.07 Å². The topological polar surface area (TPSA) is 103 Å². The van der Waals surface area contributed by atoms with Crippen LogP contribution in [-0.2, 0) is 4.74 Å². The zero-order valence-electron chi connectivity index (χ0n) is 14.3. The van der Waals surface area contributed by atoms with Crippen LogP contribution < -0.4 is 10.6 Å². The van der Waals surface area contributed by atoms with Crippen molar-refractivity contribution < 1.29 is 9.53 Å². The molecule has 1 aromatic heterocycles. The number of hydrogen-bond donors (Lipinski definition) is 2. The minimum Gasteiger partial charge on any atom is -0.379 e. The fourth-order valence-corrected chi connectivity index (χ4v) is 2.59. The van der Waals surface area contributed by atoms with Crippen LogP contribution in [-0.4, -0.2) is 60.4 Å². The maximum atomic E-state index is 12.1. The summed E-state index contributed by atoms with van der Waals surface area (Å²) in [4.78, 5) is 14.4. The quantitative estimate of drug-likeness (QED) is 0.804. The molecule has 0 atom stereocenters. The monoisotopic (exact) mass is 352 g/mol. The van der Waals surface area contributed by atoms with Gasteiger partial charge in [0.2, 0.25) is 0 Å². The van der Waals surface area contributed by atoms with Crippen molar-refractivity contribution in [3.8, 4) is 6.07 Å². The predicted molar refractivity (Wildman–Crippen MR) is 96.1 cm³/mol. The Balaban J connectivity index is 1.52. The highest BCUT2D eigenvalue weighted by atomic mass is 16.5. The van der Waals surface area contributed by atoms with Gasteiger partial charge in [0, 0.05) is 26.2 Å². The molecule has 0 spiro atoms. The van der Waals surface area contributed by atoms with E-state index in [-0.39, 0.29) is 11.6 Å². The molecule has 0 saturated carbocycles. The zero-order valence-corrected chi connectivity index (χ0v) is 14.3. The Kier molecular flexibility index (Phi) is 6.09. The lowest BCUT2D eigenvalue weighted by Gasteiger charge is -2.26. The van der Waals surface area contributed by atoms with Crippen LogP contribution in [0.15, 0.2) is 36.4 Å². The standard InChI is InChI=1S/C18H20N6O2/c19-13-14-3-1-2-4-15(14)21-17-6-5-16(22-23-17)18(25)20-7-8-24-9-11-26-12-10-24/h1-6H,7-12H2,(H,20,25)(H,21,23). The second-order valence-electron chi connectivity index (χ2n) is 5.80. The van der Waals surface area contributed by atoms with Crippen LogP contribution in [0.1, 0.15) is 16.1 Å². The summed E-state index contributed by atoms with van der Waals surface area (Å²) < 4.78 is 5.29. The Hall–Kier alpha value is -3.02. The third kappa shape index (κ3) is 4.75. The first kappa shape index (κ1) is 17.8. The number of nitriles is 1. The van der Waals surface area contributed by atoms with Gasteiger partial charge in [-0.25, -0.2) is 0 Å². The number of carbonyl (C=O) groups excluding carboxylic acids is 1. The molecule has 26 heavy (non-hydrogen) atoms. The summed E-state index contributed by atoms with van der Waals surface area (Å²) in [6, 6.07) is 12.5. The SMILES string of the molecule is N#Cc1ccccc1Nc1ccc(C(=O)NCCN2CCOCC2)nn1. The van der Waals surface area contributed by atoms with E-state index in [0.717, 1.165) is 32.8 Å². The van der Waals surface area contributed by atoms with Crippen LogP contribution in [0.4, 0.5) is 11.5 Å². The Bertz CT molecular complexity index is 781. The molecule has 0 bridgehead atoms. The van der Waals surface area contributed by atoms with Crippen LogP contribution in [0.3, 0.4) is 0 Å². The molecular formula is C18H20N6O2. The van der Waals surface area contributed by atoms with Gasteiger partial charge in [-0.2, -0.15) is 5.26 Å². The summed E-state index contributed by atoms with van der Waals surface area (Å²) in [7, 11) is 0. The molecule has 8 heteroatoms. The third-order valence-corrected chi connectivity index (χ3v) is 4.02. The van der Waals surface area contributed by atoms with Gasteiger partial charge in [-0.1, -0.05) is 12.1 Å². The second kappa shape index (κ2) is 8.89. The number of morpholine rings is 1. The van der Waals surface area contributed by atoms with E-state index in [2.05, 4.69) is 31.8 Å². The highest BCUT2D eigenvalue weighted by molar-refractivity contribution is 5.92. The van der Waals surface area contributed by atoms with Gasteiger partial charge in [-0.3, -0.25) is 9.69 Å². The lowest BCUT2D eigenvalue weighted by molar-refractivity contribution is 0.0383. The Labute approximate surface area is 151 Å². The van der Waals surface area contributed by atoms with E-state index in [0.29, 0.717) is 23.6 Å². The first-order chi connectivity index (χ1) is 12.8. The molecule has 1 saturated heterocycles. The van der Waals surface area contributed by atoms with E-state index in [4.69, 9.17) is 10.00 Å². The van der Waals surface area contributed by atoms with Crippen molar-refractivity contribution in [2.24, 2.45) is 0 Å². The minimum atomic E-state index is -0.255. The molecule has 3 rings (SSSR count). The van der Waals surface area contributed by atoms with Crippen LogP contribution in [0.25, 0.3) is 0 Å². The molecule has 1 aromatic carbocycles. The average Bonchev–Trinajstić information content (AvgIpc) is 2.70. The number of amides is 1. The van der Waals surface area contributed by atoms with Gasteiger partial charge in [0.1, 0.15) is 6.07 Å². The number of benzene rings is 1. The van der Waals surface area contributed by atoms with Crippen molar-refractivity contribution >= 4 is 17.4 Å². The van der Waals surface area contributed by atoms with Gasteiger partial charge in [0.15, 0.2) is 11.5 Å². The molecule has 2 heterocycles. The number of nitrogens with zero attached hydrogens (tertiary/aromatic N) is 4. The van der Waals surface area contributed by atoms with Gasteiger partial charge in [0.05, 0.1) is 24.5 Å². The number of rotatable bonds is 6. The Morgan fingerprint density at radius 1 is 1.19 bits per heavy atom. The van der Waals surface area contributed by atoms with E-state index in [1.165, 1.54) is 0 Å². The van der Waals surface area contributed by atoms with Gasteiger partial charge < -0.3 is 15.4 Å². The van der Waals surface area contributed by atoms with E-state index in [1.54, 1.807) is 30.3 Å². The van der Waals surface area contributed by atoms with Crippen LogP contribution in [0.2, 0.25) is 0 Å². The molecule has 1 fully saturated rings. The highest BCUT2D eigenvalue weighted by Crippen LogP contribution is 2.18. The lowest BCUT2D eigenvalue weighted by atomic mass is 10.2. The molecule has 1 amide bonds. The number of para-hydroxylation sites is 1. The van der Waals surface area contributed by atoms with Crippen molar-refractivity contribution in [2.75, 3.05) is 44.7 Å². The number of anilines is 2. The molecule has 1 aliphatic heterocycles. The summed E-state index contributed by atoms with van der Waals surface area (Å²) in [5.41, 5.74) is 1.41. The summed E-state index contributed by atoms with van der Waals surface area (Å²) in [5.74, 6) is 0.215. The summed E-state index contributed by atoms with van der Waals surface area (Å²) in [5, 5.41) is 22.9. The van der Waals surface area contributed by atoms with Crippen molar-refractivity contribution in [1.29, 1.82) is 5.26 Å². The van der Waals surface area contributed by atoms with Crippen molar-refractivity contribution in [2.45, 2.75) is 0 Å². The smallest absolute Gasteiger partial charge is 0.271 e. The summed E-state index contributed by atoms with van der Waals surface area (Å²) in [6.45, 7) is 4.59. The van der Waals surface area contributed by atoms with Crippen LogP contribution >= 0.6 is 0 Å². The number of aromatic nitrogens is 2. The van der Waals surface area contributed by atoms with Crippen molar-refractivity contribution in [3.05, 3.63) is 47.7 Å². The highest BCUT2D eigenvalue weighted by Gasteiger charge is 2.12. The first-order valence-corrected chi connectivity index (χ1v) is 8.44. The van der Waals surface area contributed by atoms with Gasteiger partial charge in [-0.15, -0.1) is 10.2 Å². The minimum absolute atomic E-state index is 0.255. The molecule has 134 valence electrons. The Morgan fingerprint density at radius 3 is 2.73 bits per heavy atom. The lowest BCUT2D eigenvalue weighted by Crippen LogP contribution is -2.41. The molecule has 0 aliphatic carbocycles. The normalized spacial score (nSPS) is 14.4. The first-order valence-electron chi connectivity index (χ1n) is 8.44. The number of carbonyl (C=O) groups is 1. The zero-order chi connectivity index (χ0) is 18.2. The maximum absolute atomic E-state index is 12.1. The van der Waals surface area contributed by atoms with E-state index in [9.17, 15) is 4.79 Å². The molecular weight excluding hydrogens is 332 g/mol. The molecule has 0 radical (unpaired) electrons. The molecule has 2 N–H and O–H groups in total. The van der Waals surface area contributed by atoms with Gasteiger partial charge >= 0.3 is 0 Å². The molecule has 2 aromatic rings. The fourth-order valence-electron chi connectivity index (χ4n) is 2.59. The summed E-state index contributed by atoms with van der Waals surface area (Å²) >= 11 is 0. The number of nitrogens with one attached hydrogen (secondary N) is 2. The second-order valence-corrected chi connectivity index (χ2v) is 5.80.